The maximum Gasteiger partial charge on any atom is 0.337 e. The summed E-state index contributed by atoms with van der Waals surface area (Å²) in [7, 11) is 0. The first-order valence-corrected chi connectivity index (χ1v) is 7.84. The Hall–Kier alpha value is -3.80. The molecular weight excluding hydrogens is 332 g/mol. The van der Waals surface area contributed by atoms with E-state index in [9.17, 15) is 19.8 Å². The van der Waals surface area contributed by atoms with Crippen LogP contribution in [0.15, 0.2) is 72.8 Å². The van der Waals surface area contributed by atoms with Crippen molar-refractivity contribution in [3.05, 3.63) is 83.9 Å². The Morgan fingerprint density at radius 3 is 1.23 bits per heavy atom. The van der Waals surface area contributed by atoms with Gasteiger partial charge in [0.15, 0.2) is 0 Å². The van der Waals surface area contributed by atoms with Gasteiger partial charge in [-0.2, -0.15) is 0 Å². The second kappa shape index (κ2) is 7.40. The van der Waals surface area contributed by atoms with Crippen molar-refractivity contribution in [2.45, 2.75) is 0 Å². The number of carboxylic acids is 2. The van der Waals surface area contributed by atoms with E-state index in [0.717, 1.165) is 0 Å². The van der Waals surface area contributed by atoms with Crippen molar-refractivity contribution in [2.24, 2.45) is 0 Å². The fourth-order valence-corrected chi connectivity index (χ4v) is 2.55. The largest absolute Gasteiger partial charge is 0.478 e. The summed E-state index contributed by atoms with van der Waals surface area (Å²) in [6.45, 7) is 0. The van der Waals surface area contributed by atoms with E-state index in [-0.39, 0.29) is 22.5 Å². The molecule has 3 aromatic rings. The predicted octanol–water partition coefficient (Wildman–Crippen LogP) is 4.57. The standard InChI is InChI=1S/C20H16N2O4/c23-19(24)15-11-12-16(20(25)26)18(22-14-9-5-2-6-10-14)17(15)21-13-7-3-1-4-8-13/h1-12,21-22H,(H,23,24)(H,25,26). The van der Waals surface area contributed by atoms with Crippen LogP contribution in [-0.4, -0.2) is 22.2 Å². The molecule has 0 unspecified atom stereocenters. The Labute approximate surface area is 149 Å². The number of nitrogens with one attached hydrogen (secondary N) is 2. The number of hydrogen-bond acceptors (Lipinski definition) is 4. The van der Waals surface area contributed by atoms with Gasteiger partial charge in [-0.15, -0.1) is 0 Å². The van der Waals surface area contributed by atoms with Crippen LogP contribution in [0.25, 0.3) is 0 Å². The van der Waals surface area contributed by atoms with Crippen molar-refractivity contribution in [2.75, 3.05) is 10.6 Å². The molecule has 6 heteroatoms. The molecular formula is C20H16N2O4. The molecule has 4 N–H and O–H groups in total. The molecule has 0 atom stereocenters. The monoisotopic (exact) mass is 348 g/mol. The Morgan fingerprint density at radius 1 is 0.577 bits per heavy atom. The molecule has 3 rings (SSSR count). The van der Waals surface area contributed by atoms with Crippen LogP contribution >= 0.6 is 0 Å². The second-order valence-electron chi connectivity index (χ2n) is 5.50. The fourth-order valence-electron chi connectivity index (χ4n) is 2.55. The molecule has 6 nitrogen and oxygen atoms in total. The SMILES string of the molecule is O=C(O)c1ccc(C(=O)O)c(Nc2ccccc2)c1Nc1ccccc1. The Kier molecular flexibility index (Phi) is 4.85. The van der Waals surface area contributed by atoms with E-state index in [1.807, 2.05) is 12.1 Å². The predicted molar refractivity (Wildman–Crippen MR) is 99.8 cm³/mol. The summed E-state index contributed by atoms with van der Waals surface area (Å²) < 4.78 is 0. The van der Waals surface area contributed by atoms with Gasteiger partial charge in [0.05, 0.1) is 22.5 Å². The zero-order chi connectivity index (χ0) is 18.5. The lowest BCUT2D eigenvalue weighted by atomic mass is 10.0. The van der Waals surface area contributed by atoms with Crippen LogP contribution in [-0.2, 0) is 0 Å². The highest BCUT2D eigenvalue weighted by atomic mass is 16.4. The Balaban J connectivity index is 2.17. The van der Waals surface area contributed by atoms with Crippen LogP contribution in [0.5, 0.6) is 0 Å². The molecule has 0 spiro atoms. The summed E-state index contributed by atoms with van der Waals surface area (Å²) in [5, 5.41) is 25.2. The average molecular weight is 348 g/mol. The van der Waals surface area contributed by atoms with Crippen LogP contribution in [0, 0.1) is 0 Å². The van der Waals surface area contributed by atoms with E-state index in [2.05, 4.69) is 10.6 Å². The summed E-state index contributed by atoms with van der Waals surface area (Å²) in [6.07, 6.45) is 0. The molecule has 3 aromatic carbocycles. The molecule has 0 saturated heterocycles. The zero-order valence-corrected chi connectivity index (χ0v) is 13.6. The number of aromatic carboxylic acids is 2. The molecule has 0 fully saturated rings. The van der Waals surface area contributed by atoms with Gasteiger partial charge in [-0.05, 0) is 36.4 Å². The van der Waals surface area contributed by atoms with Crippen LogP contribution in [0.4, 0.5) is 22.7 Å². The third-order valence-electron chi connectivity index (χ3n) is 3.75. The van der Waals surface area contributed by atoms with E-state index in [1.54, 1.807) is 48.5 Å². The first-order chi connectivity index (χ1) is 12.6. The normalized spacial score (nSPS) is 10.2. The highest BCUT2D eigenvalue weighted by molar-refractivity contribution is 6.06. The van der Waals surface area contributed by atoms with Gasteiger partial charge in [-0.1, -0.05) is 36.4 Å². The quantitative estimate of drug-likeness (QED) is 0.521. The summed E-state index contributed by atoms with van der Waals surface area (Å²) in [5.41, 5.74) is 1.61. The molecule has 0 amide bonds. The zero-order valence-electron chi connectivity index (χ0n) is 13.6. The molecule has 0 aliphatic rings. The van der Waals surface area contributed by atoms with Crippen molar-refractivity contribution in [3.8, 4) is 0 Å². The number of rotatable bonds is 6. The van der Waals surface area contributed by atoms with E-state index in [1.165, 1.54) is 12.1 Å². The Morgan fingerprint density at radius 2 is 0.923 bits per heavy atom. The van der Waals surface area contributed by atoms with Crippen LogP contribution in [0.2, 0.25) is 0 Å². The molecule has 130 valence electrons. The van der Waals surface area contributed by atoms with Crippen molar-refractivity contribution < 1.29 is 19.8 Å². The van der Waals surface area contributed by atoms with Gasteiger partial charge in [0.25, 0.3) is 0 Å². The minimum atomic E-state index is -1.16. The average Bonchev–Trinajstić information content (AvgIpc) is 2.64. The number of carbonyl (C=O) groups is 2. The lowest BCUT2D eigenvalue weighted by Gasteiger charge is -2.18. The van der Waals surface area contributed by atoms with E-state index in [0.29, 0.717) is 11.4 Å². The number of hydrogen-bond donors (Lipinski definition) is 4. The fraction of sp³-hybridized carbons (Fsp3) is 0. The van der Waals surface area contributed by atoms with E-state index >= 15 is 0 Å². The van der Waals surface area contributed by atoms with Crippen LogP contribution in [0.1, 0.15) is 20.7 Å². The van der Waals surface area contributed by atoms with Crippen molar-refractivity contribution in [1.29, 1.82) is 0 Å². The van der Waals surface area contributed by atoms with Gasteiger partial charge in [-0.25, -0.2) is 9.59 Å². The lowest BCUT2D eigenvalue weighted by Crippen LogP contribution is -2.11. The van der Waals surface area contributed by atoms with E-state index in [4.69, 9.17) is 0 Å². The van der Waals surface area contributed by atoms with Crippen molar-refractivity contribution in [3.63, 3.8) is 0 Å². The van der Waals surface area contributed by atoms with Crippen LogP contribution in [0.3, 0.4) is 0 Å². The lowest BCUT2D eigenvalue weighted by molar-refractivity contribution is 0.0683. The number of anilines is 4. The topological polar surface area (TPSA) is 98.7 Å². The Bertz CT molecular complexity index is 862. The molecule has 0 aromatic heterocycles. The van der Waals surface area contributed by atoms with Gasteiger partial charge < -0.3 is 20.8 Å². The maximum atomic E-state index is 11.7. The van der Waals surface area contributed by atoms with Gasteiger partial charge in [0.1, 0.15) is 0 Å². The summed E-state index contributed by atoms with van der Waals surface area (Å²) in [5.74, 6) is -2.31. The minimum absolute atomic E-state index is 0.0303. The molecule has 0 aliphatic carbocycles. The van der Waals surface area contributed by atoms with Gasteiger partial charge in [0.2, 0.25) is 0 Å². The third-order valence-corrected chi connectivity index (χ3v) is 3.75. The number of para-hydroxylation sites is 2. The summed E-state index contributed by atoms with van der Waals surface area (Å²) in [6, 6.07) is 20.5. The van der Waals surface area contributed by atoms with E-state index < -0.39 is 11.9 Å². The molecule has 26 heavy (non-hydrogen) atoms. The van der Waals surface area contributed by atoms with Crippen molar-refractivity contribution in [1.82, 2.24) is 0 Å². The molecule has 0 aliphatic heterocycles. The molecule has 0 bridgehead atoms. The molecule has 0 radical (unpaired) electrons. The minimum Gasteiger partial charge on any atom is -0.478 e. The maximum absolute atomic E-state index is 11.7. The second-order valence-corrected chi connectivity index (χ2v) is 5.50. The van der Waals surface area contributed by atoms with Crippen molar-refractivity contribution >= 4 is 34.7 Å². The highest BCUT2D eigenvalue weighted by Crippen LogP contribution is 2.35. The smallest absolute Gasteiger partial charge is 0.337 e. The van der Waals surface area contributed by atoms with Gasteiger partial charge in [-0.3, -0.25) is 0 Å². The summed E-state index contributed by atoms with van der Waals surface area (Å²) in [4.78, 5) is 23.4. The number of carboxylic acid groups (broad SMARTS) is 2. The van der Waals surface area contributed by atoms with Crippen LogP contribution < -0.4 is 10.6 Å². The third kappa shape index (κ3) is 3.64. The number of benzene rings is 3. The molecule has 0 saturated carbocycles. The highest BCUT2D eigenvalue weighted by Gasteiger charge is 2.21. The van der Waals surface area contributed by atoms with Gasteiger partial charge >= 0.3 is 11.9 Å². The van der Waals surface area contributed by atoms with Gasteiger partial charge in [0, 0.05) is 11.4 Å². The molecule has 0 heterocycles. The summed E-state index contributed by atoms with van der Waals surface area (Å²) >= 11 is 0. The first-order valence-electron chi connectivity index (χ1n) is 7.84. The first kappa shape index (κ1) is 17.0.